The summed E-state index contributed by atoms with van der Waals surface area (Å²) in [7, 11) is 1.72. The van der Waals surface area contributed by atoms with Gasteiger partial charge >= 0.3 is 0 Å². The fourth-order valence-electron chi connectivity index (χ4n) is 0.508. The lowest BCUT2D eigenvalue weighted by atomic mass is 10.4. The minimum atomic E-state index is 0.716. The minimum Gasteiger partial charge on any atom is -0.297 e. The Morgan fingerprint density at radius 3 is 2.58 bits per heavy atom. The van der Waals surface area contributed by atoms with Crippen LogP contribution in [0.25, 0.3) is 0 Å². The van der Waals surface area contributed by atoms with Crippen molar-refractivity contribution in [3.8, 4) is 0 Å². The maximum Gasteiger partial charge on any atom is 0.0558 e. The number of hydrogen-bond acceptors (Lipinski definition) is 2. The third kappa shape index (κ3) is 6.68. The summed E-state index contributed by atoms with van der Waals surface area (Å²) in [5, 5.41) is 0. The van der Waals surface area contributed by atoms with Gasteiger partial charge in [0, 0.05) is 19.5 Å². The second-order valence-corrected chi connectivity index (χ2v) is 2.06. The molecule has 0 saturated carbocycles. The van der Waals surface area contributed by atoms with Crippen LogP contribution in [-0.4, -0.2) is 19.5 Å². The summed E-state index contributed by atoms with van der Waals surface area (Å²) in [6.45, 7) is 5.66. The molecule has 0 aliphatic carbocycles. The third-order valence-corrected chi connectivity index (χ3v) is 1.04. The molecular formula is C10H14N2. The van der Waals surface area contributed by atoms with Crippen molar-refractivity contribution in [1.82, 2.24) is 0 Å². The van der Waals surface area contributed by atoms with E-state index in [4.69, 9.17) is 0 Å². The monoisotopic (exact) mass is 162 g/mol. The average molecular weight is 162 g/mol. The van der Waals surface area contributed by atoms with Crippen LogP contribution in [0.2, 0.25) is 0 Å². The van der Waals surface area contributed by atoms with Crippen LogP contribution in [0.3, 0.4) is 0 Å². The lowest BCUT2D eigenvalue weighted by Crippen LogP contribution is -1.70. The fourth-order valence-corrected chi connectivity index (χ4v) is 0.508. The molecule has 0 aromatic rings. The first kappa shape index (κ1) is 10.6. The fraction of sp³-hybridized carbons (Fsp3) is 0.200. The quantitative estimate of drug-likeness (QED) is 0.448. The molecule has 0 rings (SSSR count). The van der Waals surface area contributed by atoms with Gasteiger partial charge in [-0.25, -0.2) is 0 Å². The van der Waals surface area contributed by atoms with Crippen molar-refractivity contribution < 1.29 is 0 Å². The van der Waals surface area contributed by atoms with E-state index in [9.17, 15) is 0 Å². The van der Waals surface area contributed by atoms with Crippen LogP contribution in [0.4, 0.5) is 0 Å². The van der Waals surface area contributed by atoms with E-state index < -0.39 is 0 Å². The lowest BCUT2D eigenvalue weighted by Gasteiger charge is -1.84. The number of aliphatic imine (C=N–C) groups is 2. The summed E-state index contributed by atoms with van der Waals surface area (Å²) in [5.74, 6) is 0. The van der Waals surface area contributed by atoms with Crippen molar-refractivity contribution in [3.63, 3.8) is 0 Å². The largest absolute Gasteiger partial charge is 0.297 e. The highest BCUT2D eigenvalue weighted by atomic mass is 14.7. The summed E-state index contributed by atoms with van der Waals surface area (Å²) in [4.78, 5) is 7.82. The second kappa shape index (κ2) is 7.66. The summed E-state index contributed by atoms with van der Waals surface area (Å²) in [6.07, 6.45) is 10.8. The summed E-state index contributed by atoms with van der Waals surface area (Å²) < 4.78 is 0. The van der Waals surface area contributed by atoms with Crippen LogP contribution < -0.4 is 0 Å². The molecule has 0 saturated heterocycles. The van der Waals surface area contributed by atoms with Crippen molar-refractivity contribution in [2.75, 3.05) is 7.05 Å². The summed E-state index contributed by atoms with van der Waals surface area (Å²) >= 11 is 0. The van der Waals surface area contributed by atoms with Crippen molar-refractivity contribution in [2.45, 2.75) is 6.92 Å². The molecule has 2 nitrogen and oxygen atoms in total. The highest BCUT2D eigenvalue weighted by molar-refractivity contribution is 5.74. The van der Waals surface area contributed by atoms with E-state index in [2.05, 4.69) is 16.6 Å². The van der Waals surface area contributed by atoms with Crippen molar-refractivity contribution in [2.24, 2.45) is 9.98 Å². The molecule has 0 aliphatic rings. The van der Waals surface area contributed by atoms with Crippen LogP contribution in [0, 0.1) is 0 Å². The molecular weight excluding hydrogens is 148 g/mol. The maximum absolute atomic E-state index is 4.03. The molecule has 0 aromatic carbocycles. The number of rotatable bonds is 4. The minimum absolute atomic E-state index is 0.716. The SMILES string of the molecule is C=C(/C=C\C=N/C)/N=C\C=C/C. The van der Waals surface area contributed by atoms with E-state index in [-0.39, 0.29) is 0 Å². The second-order valence-electron chi connectivity index (χ2n) is 2.06. The Balaban J connectivity index is 3.89. The molecule has 0 radical (unpaired) electrons. The van der Waals surface area contributed by atoms with E-state index >= 15 is 0 Å². The first-order chi connectivity index (χ1) is 5.81. The molecule has 0 N–H and O–H groups in total. The standard InChI is InChI=1S/C10H14N2/c1-4-5-9-12-10(2)7-6-8-11-3/h4-9H,2H2,1,3H3/b5-4-,7-6-,11-8-,12-9-. The lowest BCUT2D eigenvalue weighted by molar-refractivity contribution is 1.45. The van der Waals surface area contributed by atoms with Crippen LogP contribution in [0.5, 0.6) is 0 Å². The zero-order valence-corrected chi connectivity index (χ0v) is 7.57. The van der Waals surface area contributed by atoms with Crippen LogP contribution in [-0.2, 0) is 0 Å². The molecule has 0 spiro atoms. The van der Waals surface area contributed by atoms with E-state index in [0.29, 0.717) is 5.70 Å². The van der Waals surface area contributed by atoms with Crippen LogP contribution >= 0.6 is 0 Å². The molecule has 0 aromatic heterocycles. The van der Waals surface area contributed by atoms with Gasteiger partial charge in [0.2, 0.25) is 0 Å². The third-order valence-electron chi connectivity index (χ3n) is 1.04. The predicted octanol–water partition coefficient (Wildman–Crippen LogP) is 2.40. The van der Waals surface area contributed by atoms with E-state index in [1.165, 1.54) is 0 Å². The Kier molecular flexibility index (Phi) is 6.74. The highest BCUT2D eigenvalue weighted by Crippen LogP contribution is 1.92. The van der Waals surface area contributed by atoms with Crippen LogP contribution in [0.1, 0.15) is 6.92 Å². The van der Waals surface area contributed by atoms with Gasteiger partial charge in [-0.05, 0) is 25.2 Å². The van der Waals surface area contributed by atoms with E-state index in [1.807, 2.05) is 19.1 Å². The van der Waals surface area contributed by atoms with Gasteiger partial charge in [-0.1, -0.05) is 12.7 Å². The van der Waals surface area contributed by atoms with Crippen molar-refractivity contribution in [1.29, 1.82) is 0 Å². The molecule has 0 heterocycles. The molecule has 0 atom stereocenters. The first-order valence-electron chi connectivity index (χ1n) is 3.74. The molecule has 2 heteroatoms. The van der Waals surface area contributed by atoms with Gasteiger partial charge in [-0.3, -0.25) is 9.98 Å². The van der Waals surface area contributed by atoms with E-state index in [0.717, 1.165) is 0 Å². The van der Waals surface area contributed by atoms with Gasteiger partial charge in [0.1, 0.15) is 0 Å². The topological polar surface area (TPSA) is 24.7 Å². The smallest absolute Gasteiger partial charge is 0.0558 e. The van der Waals surface area contributed by atoms with Crippen molar-refractivity contribution in [3.05, 3.63) is 36.6 Å². The first-order valence-corrected chi connectivity index (χ1v) is 3.74. The molecule has 0 aliphatic heterocycles. The highest BCUT2D eigenvalue weighted by Gasteiger charge is 1.76. The van der Waals surface area contributed by atoms with Gasteiger partial charge in [0.15, 0.2) is 0 Å². The molecule has 64 valence electrons. The van der Waals surface area contributed by atoms with Gasteiger partial charge < -0.3 is 0 Å². The zero-order chi connectivity index (χ0) is 9.23. The number of nitrogens with zero attached hydrogens (tertiary/aromatic N) is 2. The van der Waals surface area contributed by atoms with Crippen molar-refractivity contribution >= 4 is 12.4 Å². The number of allylic oxidation sites excluding steroid dienone is 4. The van der Waals surface area contributed by atoms with Gasteiger partial charge in [0.25, 0.3) is 0 Å². The Labute approximate surface area is 73.7 Å². The normalized spacial score (nSPS) is 12.8. The zero-order valence-electron chi connectivity index (χ0n) is 7.57. The molecule has 0 fully saturated rings. The Morgan fingerprint density at radius 1 is 1.25 bits per heavy atom. The summed E-state index contributed by atoms with van der Waals surface area (Å²) in [5.41, 5.74) is 0.716. The predicted molar refractivity (Wildman–Crippen MR) is 56.0 cm³/mol. The average Bonchev–Trinajstić information content (AvgIpc) is 2.06. The molecule has 12 heavy (non-hydrogen) atoms. The molecule has 0 unspecified atom stereocenters. The Hall–Kier alpha value is -1.44. The summed E-state index contributed by atoms with van der Waals surface area (Å²) in [6, 6.07) is 0. The van der Waals surface area contributed by atoms with Crippen LogP contribution in [0.15, 0.2) is 46.6 Å². The Morgan fingerprint density at radius 2 is 2.00 bits per heavy atom. The molecule has 0 amide bonds. The van der Waals surface area contributed by atoms with E-state index in [1.54, 1.807) is 31.6 Å². The van der Waals surface area contributed by atoms with Gasteiger partial charge in [-0.2, -0.15) is 0 Å². The Bertz CT molecular complexity index is 208. The van der Waals surface area contributed by atoms with Gasteiger partial charge in [0.05, 0.1) is 5.70 Å². The maximum atomic E-state index is 4.03. The van der Waals surface area contributed by atoms with Gasteiger partial charge in [-0.15, -0.1) is 0 Å². The molecule has 0 bridgehead atoms. The number of hydrogen-bond donors (Lipinski definition) is 0.